The summed E-state index contributed by atoms with van der Waals surface area (Å²) in [6.45, 7) is 1.98. The predicted octanol–water partition coefficient (Wildman–Crippen LogP) is 3.65. The van der Waals surface area contributed by atoms with Gasteiger partial charge in [-0.2, -0.15) is 4.98 Å². The molecule has 1 aromatic heterocycles. The van der Waals surface area contributed by atoms with Crippen LogP contribution in [0.25, 0.3) is 0 Å². The van der Waals surface area contributed by atoms with Gasteiger partial charge in [0.2, 0.25) is 5.95 Å². The quantitative estimate of drug-likeness (QED) is 0.703. The minimum Gasteiger partial charge on any atom is -0.394 e. The zero-order valence-corrected chi connectivity index (χ0v) is 19.9. The van der Waals surface area contributed by atoms with Crippen LogP contribution in [0.2, 0.25) is 0 Å². The van der Waals surface area contributed by atoms with Gasteiger partial charge in [0, 0.05) is 24.3 Å². The van der Waals surface area contributed by atoms with E-state index in [1.807, 2.05) is 0 Å². The Kier molecular flexibility index (Phi) is 4.64. The molecule has 0 bridgehead atoms. The zero-order valence-electron chi connectivity index (χ0n) is 19.1. The van der Waals surface area contributed by atoms with Crippen molar-refractivity contribution in [1.29, 1.82) is 0 Å². The zero-order chi connectivity index (χ0) is 22.2. The molecule has 2 aromatic rings. The molecule has 3 heterocycles. The Morgan fingerprint density at radius 1 is 1.12 bits per heavy atom. The van der Waals surface area contributed by atoms with Crippen molar-refractivity contribution < 1.29 is 9.32 Å². The van der Waals surface area contributed by atoms with Gasteiger partial charge in [0.15, 0.2) is 0 Å². The molecule has 5 aliphatic rings. The van der Waals surface area contributed by atoms with E-state index in [0.29, 0.717) is 11.8 Å². The summed E-state index contributed by atoms with van der Waals surface area (Å²) in [7, 11) is -1.03. The molecule has 2 aliphatic heterocycles. The molecular formula is C26H32N4O2S. The lowest BCUT2D eigenvalue weighted by Crippen LogP contribution is -2.49. The van der Waals surface area contributed by atoms with Crippen molar-refractivity contribution in [3.05, 3.63) is 40.6 Å². The number of hydrogen-bond donors (Lipinski definition) is 2. The topological polar surface area (TPSA) is 78.3 Å². The van der Waals surface area contributed by atoms with Crippen LogP contribution in [0.15, 0.2) is 23.1 Å². The molecule has 174 valence electrons. The molecule has 0 amide bonds. The number of rotatable bonds is 5. The SMILES string of the molecule is O=[S@@]1c2c(NC3(CO)CCC3)nc(N3CCC(c4ccc5c(c4)CCC5)CC3)nc2C2CC21. The maximum Gasteiger partial charge on any atom is 0.227 e. The van der Waals surface area contributed by atoms with Crippen LogP contribution >= 0.6 is 0 Å². The van der Waals surface area contributed by atoms with Crippen molar-refractivity contribution in [3.8, 4) is 0 Å². The highest BCUT2D eigenvalue weighted by atomic mass is 32.2. The van der Waals surface area contributed by atoms with E-state index in [4.69, 9.17) is 9.97 Å². The Morgan fingerprint density at radius 2 is 1.94 bits per heavy atom. The first-order chi connectivity index (χ1) is 16.1. The monoisotopic (exact) mass is 464 g/mol. The minimum atomic E-state index is -1.03. The number of aliphatic hydroxyl groups is 1. The molecular weight excluding hydrogens is 432 g/mol. The maximum absolute atomic E-state index is 13.0. The summed E-state index contributed by atoms with van der Waals surface area (Å²) in [5, 5.41) is 13.7. The fraction of sp³-hybridized carbons (Fsp3) is 0.615. The van der Waals surface area contributed by atoms with Crippen molar-refractivity contribution in [2.45, 2.75) is 85.3 Å². The number of nitrogens with one attached hydrogen (secondary N) is 1. The lowest BCUT2D eigenvalue weighted by Gasteiger charge is -2.42. The van der Waals surface area contributed by atoms with E-state index in [9.17, 15) is 9.32 Å². The number of benzene rings is 1. The van der Waals surface area contributed by atoms with Crippen molar-refractivity contribution in [2.24, 2.45) is 0 Å². The molecule has 2 N–H and O–H groups in total. The minimum absolute atomic E-state index is 0.0901. The molecule has 1 saturated heterocycles. The van der Waals surface area contributed by atoms with Gasteiger partial charge >= 0.3 is 0 Å². The van der Waals surface area contributed by atoms with Crippen LogP contribution in [0.1, 0.15) is 79.2 Å². The molecule has 0 radical (unpaired) electrons. The van der Waals surface area contributed by atoms with E-state index in [-0.39, 0.29) is 17.4 Å². The van der Waals surface area contributed by atoms with E-state index < -0.39 is 10.8 Å². The summed E-state index contributed by atoms with van der Waals surface area (Å²) in [5.41, 5.74) is 5.30. The molecule has 1 aromatic carbocycles. The van der Waals surface area contributed by atoms with E-state index in [2.05, 4.69) is 28.4 Å². The van der Waals surface area contributed by atoms with E-state index in [1.54, 1.807) is 11.1 Å². The second kappa shape index (κ2) is 7.51. The van der Waals surface area contributed by atoms with Crippen molar-refractivity contribution in [2.75, 3.05) is 29.9 Å². The van der Waals surface area contributed by atoms with E-state index >= 15 is 0 Å². The Hall–Kier alpha value is -1.99. The van der Waals surface area contributed by atoms with Crippen LogP contribution in [0, 0.1) is 0 Å². The number of fused-ring (bicyclic) bond motifs is 4. The largest absolute Gasteiger partial charge is 0.394 e. The van der Waals surface area contributed by atoms with Gasteiger partial charge < -0.3 is 15.3 Å². The standard InChI is InChI=1S/C26H32N4O2S/c31-15-26(9-2-10-26)29-24-23-22(20-14-21(20)33(23)32)27-25(28-24)30-11-7-17(8-12-30)19-6-5-16-3-1-4-18(16)13-19/h5-6,13,17,20-21,31H,1-4,7-12,14-15H2,(H,27,28,29)/t20?,21?,33-/m0/s1. The summed E-state index contributed by atoms with van der Waals surface area (Å²) < 4.78 is 13.0. The molecule has 2 saturated carbocycles. The van der Waals surface area contributed by atoms with Gasteiger partial charge in [-0.05, 0) is 80.4 Å². The van der Waals surface area contributed by atoms with Gasteiger partial charge in [0.25, 0.3) is 0 Å². The highest BCUT2D eigenvalue weighted by Gasteiger charge is 2.54. The number of piperidine rings is 1. The number of nitrogens with zero attached hydrogens (tertiary/aromatic N) is 3. The van der Waals surface area contributed by atoms with Crippen molar-refractivity contribution in [3.63, 3.8) is 0 Å². The summed E-state index contributed by atoms with van der Waals surface area (Å²) in [6, 6.07) is 7.18. The lowest BCUT2D eigenvalue weighted by molar-refractivity contribution is 0.143. The van der Waals surface area contributed by atoms with Crippen LogP contribution in [-0.2, 0) is 23.6 Å². The molecule has 7 heteroatoms. The third-order valence-corrected chi connectivity index (χ3v) is 10.7. The number of aryl methyl sites for hydroxylation is 2. The molecule has 7 rings (SSSR count). The molecule has 3 aliphatic carbocycles. The highest BCUT2D eigenvalue weighted by Crippen LogP contribution is 2.56. The van der Waals surface area contributed by atoms with Gasteiger partial charge in [0.1, 0.15) is 10.7 Å². The highest BCUT2D eigenvalue weighted by molar-refractivity contribution is 7.86. The van der Waals surface area contributed by atoms with Crippen LogP contribution < -0.4 is 10.2 Å². The molecule has 2 unspecified atom stereocenters. The molecule has 0 spiro atoms. The third-order valence-electron chi connectivity index (χ3n) is 8.81. The second-order valence-electron chi connectivity index (χ2n) is 10.8. The smallest absolute Gasteiger partial charge is 0.227 e. The first kappa shape index (κ1) is 20.4. The second-order valence-corrected chi connectivity index (χ2v) is 12.4. The fourth-order valence-electron chi connectivity index (χ4n) is 6.41. The first-order valence-corrected chi connectivity index (χ1v) is 13.9. The van der Waals surface area contributed by atoms with Crippen LogP contribution in [-0.4, -0.2) is 49.8 Å². The predicted molar refractivity (Wildman–Crippen MR) is 130 cm³/mol. The van der Waals surface area contributed by atoms with Gasteiger partial charge in [0.05, 0.1) is 28.6 Å². The molecule has 3 fully saturated rings. The Labute approximate surface area is 197 Å². The summed E-state index contributed by atoms with van der Waals surface area (Å²) >= 11 is 0. The van der Waals surface area contributed by atoms with Gasteiger partial charge in [-0.15, -0.1) is 0 Å². The maximum atomic E-state index is 13.0. The van der Waals surface area contributed by atoms with E-state index in [1.165, 1.54) is 24.8 Å². The van der Waals surface area contributed by atoms with Gasteiger partial charge in [-0.1, -0.05) is 18.2 Å². The average molecular weight is 465 g/mol. The molecule has 3 atom stereocenters. The van der Waals surface area contributed by atoms with Crippen LogP contribution in [0.4, 0.5) is 11.8 Å². The first-order valence-electron chi connectivity index (χ1n) is 12.7. The van der Waals surface area contributed by atoms with Crippen molar-refractivity contribution in [1.82, 2.24) is 9.97 Å². The Balaban J connectivity index is 1.14. The van der Waals surface area contributed by atoms with Crippen molar-refractivity contribution >= 4 is 22.6 Å². The number of hydrogen-bond acceptors (Lipinski definition) is 6. The summed E-state index contributed by atoms with van der Waals surface area (Å²) in [4.78, 5) is 13.0. The van der Waals surface area contributed by atoms with Crippen LogP contribution in [0.5, 0.6) is 0 Å². The Morgan fingerprint density at radius 3 is 2.70 bits per heavy atom. The summed E-state index contributed by atoms with van der Waals surface area (Å²) in [6.07, 6.45) is 9.96. The van der Waals surface area contributed by atoms with Crippen LogP contribution in [0.3, 0.4) is 0 Å². The molecule has 6 nitrogen and oxygen atoms in total. The van der Waals surface area contributed by atoms with E-state index in [0.717, 1.165) is 74.0 Å². The normalized spacial score (nSPS) is 29.2. The molecule has 33 heavy (non-hydrogen) atoms. The summed E-state index contributed by atoms with van der Waals surface area (Å²) in [5.74, 6) is 2.43. The fourth-order valence-corrected chi connectivity index (χ4v) is 8.22. The number of anilines is 2. The number of aliphatic hydroxyl groups excluding tert-OH is 1. The lowest BCUT2D eigenvalue weighted by atomic mass is 9.77. The van der Waals surface area contributed by atoms with Gasteiger partial charge in [-0.3, -0.25) is 4.21 Å². The number of aromatic nitrogens is 2. The third kappa shape index (κ3) is 3.26. The Bertz CT molecular complexity index is 1130. The van der Waals surface area contributed by atoms with Gasteiger partial charge in [-0.25, -0.2) is 4.98 Å². The average Bonchev–Trinajstić information content (AvgIpc) is 3.40.